The van der Waals surface area contributed by atoms with E-state index in [2.05, 4.69) is 4.98 Å². The van der Waals surface area contributed by atoms with Crippen LogP contribution in [0.2, 0.25) is 0 Å². The summed E-state index contributed by atoms with van der Waals surface area (Å²) in [6.07, 6.45) is 4.28. The van der Waals surface area contributed by atoms with Crippen LogP contribution in [0.15, 0.2) is 12.3 Å². The number of rotatable bonds is 2. The molecule has 0 amide bonds. The Balaban J connectivity index is 2.39. The minimum atomic E-state index is -0.672. The van der Waals surface area contributed by atoms with E-state index >= 15 is 0 Å². The van der Waals surface area contributed by atoms with E-state index in [9.17, 15) is 9.18 Å². The van der Waals surface area contributed by atoms with E-state index in [0.717, 1.165) is 18.4 Å². The van der Waals surface area contributed by atoms with Crippen LogP contribution in [-0.2, 0) is 0 Å². The molecule has 0 unspecified atom stereocenters. The Kier molecular flexibility index (Phi) is 1.64. The molecule has 0 bridgehead atoms. The van der Waals surface area contributed by atoms with Gasteiger partial charge < -0.3 is 0 Å². The topological polar surface area (TPSA) is 30.0 Å². The van der Waals surface area contributed by atoms with Gasteiger partial charge in [-0.2, -0.15) is 4.39 Å². The molecule has 1 aromatic heterocycles. The molecule has 0 N–H and O–H groups in total. The van der Waals surface area contributed by atoms with Crippen LogP contribution in [0.1, 0.15) is 34.7 Å². The van der Waals surface area contributed by atoms with E-state index in [1.807, 2.05) is 0 Å². The smallest absolute Gasteiger partial charge is 0.223 e. The summed E-state index contributed by atoms with van der Waals surface area (Å²) in [5, 5.41) is 0. The molecule has 2 nitrogen and oxygen atoms in total. The Labute approximate surface area is 69.4 Å². The van der Waals surface area contributed by atoms with Crippen LogP contribution in [0.5, 0.6) is 0 Å². The van der Waals surface area contributed by atoms with Crippen molar-refractivity contribution in [2.75, 3.05) is 0 Å². The van der Waals surface area contributed by atoms with Crippen molar-refractivity contribution in [2.45, 2.75) is 18.8 Å². The SMILES string of the molecule is O=Cc1cc(C2CC2)cnc1F. The fourth-order valence-electron chi connectivity index (χ4n) is 1.20. The van der Waals surface area contributed by atoms with E-state index in [1.54, 1.807) is 6.07 Å². The van der Waals surface area contributed by atoms with Crippen molar-refractivity contribution in [3.8, 4) is 0 Å². The van der Waals surface area contributed by atoms with Crippen LogP contribution in [0.25, 0.3) is 0 Å². The zero-order valence-corrected chi connectivity index (χ0v) is 6.46. The van der Waals surface area contributed by atoms with Crippen molar-refractivity contribution in [1.82, 2.24) is 4.98 Å². The van der Waals surface area contributed by atoms with Crippen LogP contribution >= 0.6 is 0 Å². The van der Waals surface area contributed by atoms with Gasteiger partial charge in [0.25, 0.3) is 0 Å². The van der Waals surface area contributed by atoms with Crippen molar-refractivity contribution in [2.24, 2.45) is 0 Å². The molecular weight excluding hydrogens is 157 g/mol. The summed E-state index contributed by atoms with van der Waals surface area (Å²) >= 11 is 0. The first-order valence-corrected chi connectivity index (χ1v) is 3.92. The fraction of sp³-hybridized carbons (Fsp3) is 0.333. The molecule has 1 aromatic rings. The van der Waals surface area contributed by atoms with Gasteiger partial charge in [-0.3, -0.25) is 4.79 Å². The number of carbonyl (C=O) groups is 1. The minimum Gasteiger partial charge on any atom is -0.298 e. The second kappa shape index (κ2) is 2.66. The van der Waals surface area contributed by atoms with Gasteiger partial charge in [-0.15, -0.1) is 0 Å². The molecule has 1 aliphatic carbocycles. The molecule has 0 saturated heterocycles. The maximum absolute atomic E-state index is 12.7. The van der Waals surface area contributed by atoms with Crippen LogP contribution in [-0.4, -0.2) is 11.3 Å². The van der Waals surface area contributed by atoms with Gasteiger partial charge in [0.2, 0.25) is 5.95 Å². The lowest BCUT2D eigenvalue weighted by molar-refractivity contribution is 0.111. The number of hydrogen-bond donors (Lipinski definition) is 0. The third kappa shape index (κ3) is 1.22. The van der Waals surface area contributed by atoms with Crippen LogP contribution in [0.3, 0.4) is 0 Å². The van der Waals surface area contributed by atoms with E-state index in [-0.39, 0.29) is 5.56 Å². The van der Waals surface area contributed by atoms with Gasteiger partial charge in [-0.25, -0.2) is 4.98 Å². The number of carbonyl (C=O) groups excluding carboxylic acids is 1. The zero-order chi connectivity index (χ0) is 8.55. The number of aromatic nitrogens is 1. The molecule has 12 heavy (non-hydrogen) atoms. The van der Waals surface area contributed by atoms with Gasteiger partial charge >= 0.3 is 0 Å². The van der Waals surface area contributed by atoms with E-state index in [4.69, 9.17) is 0 Å². The Bertz CT molecular complexity index is 320. The Hall–Kier alpha value is -1.25. The molecule has 62 valence electrons. The molecule has 1 saturated carbocycles. The molecule has 0 aliphatic heterocycles. The van der Waals surface area contributed by atoms with Gasteiger partial charge in [-0.05, 0) is 30.4 Å². The lowest BCUT2D eigenvalue weighted by Gasteiger charge is -1.98. The summed E-state index contributed by atoms with van der Waals surface area (Å²) in [6.45, 7) is 0. The third-order valence-corrected chi connectivity index (χ3v) is 2.06. The Morgan fingerprint density at radius 1 is 1.58 bits per heavy atom. The summed E-state index contributed by atoms with van der Waals surface area (Å²) in [5.74, 6) is -0.161. The zero-order valence-electron chi connectivity index (χ0n) is 6.46. The van der Waals surface area contributed by atoms with Crippen molar-refractivity contribution in [3.05, 3.63) is 29.3 Å². The lowest BCUT2D eigenvalue weighted by atomic mass is 10.1. The second-order valence-corrected chi connectivity index (χ2v) is 3.04. The molecule has 1 fully saturated rings. The minimum absolute atomic E-state index is 0.0689. The van der Waals surface area contributed by atoms with Crippen LogP contribution in [0, 0.1) is 5.95 Å². The average Bonchev–Trinajstić information content (AvgIpc) is 2.88. The van der Waals surface area contributed by atoms with E-state index in [0.29, 0.717) is 12.2 Å². The van der Waals surface area contributed by atoms with Gasteiger partial charge in [-0.1, -0.05) is 0 Å². The first kappa shape index (κ1) is 7.40. The Morgan fingerprint density at radius 2 is 2.33 bits per heavy atom. The van der Waals surface area contributed by atoms with Gasteiger partial charge in [0, 0.05) is 6.20 Å². The molecule has 1 heterocycles. The monoisotopic (exact) mass is 165 g/mol. The molecule has 3 heteroatoms. The summed E-state index contributed by atoms with van der Waals surface area (Å²) in [7, 11) is 0. The number of pyridine rings is 1. The standard InChI is InChI=1S/C9H8FNO/c10-9-8(5-12)3-7(4-11-9)6-1-2-6/h3-6H,1-2H2. The summed E-state index contributed by atoms with van der Waals surface area (Å²) in [4.78, 5) is 13.9. The summed E-state index contributed by atoms with van der Waals surface area (Å²) < 4.78 is 12.7. The van der Waals surface area contributed by atoms with Crippen molar-refractivity contribution >= 4 is 6.29 Å². The van der Waals surface area contributed by atoms with Crippen LogP contribution in [0.4, 0.5) is 4.39 Å². The van der Waals surface area contributed by atoms with Gasteiger partial charge in [0.05, 0.1) is 5.56 Å². The fourth-order valence-corrected chi connectivity index (χ4v) is 1.20. The largest absolute Gasteiger partial charge is 0.298 e. The predicted octanol–water partition coefficient (Wildman–Crippen LogP) is 1.91. The molecular formula is C9H8FNO. The number of hydrogen-bond acceptors (Lipinski definition) is 2. The molecule has 0 aromatic carbocycles. The number of aldehydes is 1. The normalized spacial score (nSPS) is 16.1. The second-order valence-electron chi connectivity index (χ2n) is 3.04. The maximum atomic E-state index is 12.7. The molecule has 0 radical (unpaired) electrons. The van der Waals surface area contributed by atoms with Gasteiger partial charge in [0.15, 0.2) is 6.29 Å². The first-order chi connectivity index (χ1) is 5.81. The third-order valence-electron chi connectivity index (χ3n) is 2.06. The predicted molar refractivity (Wildman–Crippen MR) is 41.6 cm³/mol. The molecule has 0 spiro atoms. The van der Waals surface area contributed by atoms with Gasteiger partial charge in [0.1, 0.15) is 0 Å². The van der Waals surface area contributed by atoms with E-state index < -0.39 is 5.95 Å². The number of halogens is 1. The molecule has 0 atom stereocenters. The number of nitrogens with zero attached hydrogens (tertiary/aromatic N) is 1. The van der Waals surface area contributed by atoms with Crippen molar-refractivity contribution in [1.29, 1.82) is 0 Å². The highest BCUT2D eigenvalue weighted by Crippen LogP contribution is 2.39. The highest BCUT2D eigenvalue weighted by atomic mass is 19.1. The van der Waals surface area contributed by atoms with Crippen LogP contribution < -0.4 is 0 Å². The highest BCUT2D eigenvalue weighted by molar-refractivity contribution is 5.74. The Morgan fingerprint density at radius 3 is 2.92 bits per heavy atom. The maximum Gasteiger partial charge on any atom is 0.223 e. The van der Waals surface area contributed by atoms with E-state index in [1.165, 1.54) is 6.20 Å². The molecule has 2 rings (SSSR count). The molecule has 1 aliphatic rings. The average molecular weight is 165 g/mol. The highest BCUT2D eigenvalue weighted by Gasteiger charge is 2.24. The van der Waals surface area contributed by atoms with Crippen molar-refractivity contribution < 1.29 is 9.18 Å². The summed E-state index contributed by atoms with van der Waals surface area (Å²) in [6, 6.07) is 1.59. The first-order valence-electron chi connectivity index (χ1n) is 3.92. The lowest BCUT2D eigenvalue weighted by Crippen LogP contribution is -1.94. The summed E-state index contributed by atoms with van der Waals surface area (Å²) in [5.41, 5.74) is 1.05. The van der Waals surface area contributed by atoms with Crippen molar-refractivity contribution in [3.63, 3.8) is 0 Å². The quantitative estimate of drug-likeness (QED) is 0.495.